The average molecular weight is 471 g/mol. The zero-order valence-electron chi connectivity index (χ0n) is 19.1. The van der Waals surface area contributed by atoms with Gasteiger partial charge in [-0.1, -0.05) is 0 Å². The van der Waals surface area contributed by atoms with Gasteiger partial charge in [-0.25, -0.2) is 9.97 Å². The fourth-order valence-corrected chi connectivity index (χ4v) is 5.90. The van der Waals surface area contributed by atoms with Crippen molar-refractivity contribution in [1.82, 2.24) is 19.9 Å². The highest BCUT2D eigenvalue weighted by molar-refractivity contribution is 7.21. The van der Waals surface area contributed by atoms with E-state index in [1.54, 1.807) is 0 Å². The second-order valence-corrected chi connectivity index (χ2v) is 10.3. The monoisotopic (exact) mass is 470 g/mol. The van der Waals surface area contributed by atoms with Gasteiger partial charge in [0.05, 0.1) is 21.7 Å². The molecule has 0 spiro atoms. The third-order valence-corrected chi connectivity index (χ3v) is 7.84. The van der Waals surface area contributed by atoms with Gasteiger partial charge in [-0.2, -0.15) is 4.98 Å². The number of pyridine rings is 1. The predicted molar refractivity (Wildman–Crippen MR) is 128 cm³/mol. The number of hydrogen-bond acceptors (Lipinski definition) is 10. The fourth-order valence-electron chi connectivity index (χ4n) is 4.69. The van der Waals surface area contributed by atoms with Gasteiger partial charge in [-0.15, -0.1) is 11.3 Å². The number of anilines is 2. The average Bonchev–Trinajstić information content (AvgIpc) is 3.26. The van der Waals surface area contributed by atoms with Crippen LogP contribution in [-0.4, -0.2) is 59.7 Å². The van der Waals surface area contributed by atoms with Crippen LogP contribution in [0.15, 0.2) is 6.07 Å². The van der Waals surface area contributed by atoms with Crippen LogP contribution >= 0.6 is 11.3 Å². The van der Waals surface area contributed by atoms with E-state index in [1.807, 2.05) is 26.8 Å². The SMILES string of the molecule is Cc1cc2sc(-c3c(C)nc(NC4CCC4)nc3NC3(O)CCC(CO)C3O)nc2c(C)n1. The van der Waals surface area contributed by atoms with Crippen molar-refractivity contribution >= 4 is 33.3 Å². The first kappa shape index (κ1) is 22.4. The Kier molecular flexibility index (Phi) is 5.72. The van der Waals surface area contributed by atoms with Crippen molar-refractivity contribution in [2.24, 2.45) is 5.92 Å². The summed E-state index contributed by atoms with van der Waals surface area (Å²) in [7, 11) is 0. The van der Waals surface area contributed by atoms with E-state index in [2.05, 4.69) is 15.6 Å². The number of nitrogens with one attached hydrogen (secondary N) is 2. The van der Waals surface area contributed by atoms with E-state index in [0.29, 0.717) is 36.2 Å². The largest absolute Gasteiger partial charge is 0.396 e. The van der Waals surface area contributed by atoms with Gasteiger partial charge in [0.1, 0.15) is 22.4 Å². The number of hydrogen-bond donors (Lipinski definition) is 5. The Hall–Kier alpha value is -2.40. The van der Waals surface area contributed by atoms with Crippen molar-refractivity contribution in [2.75, 3.05) is 17.2 Å². The summed E-state index contributed by atoms with van der Waals surface area (Å²) in [5, 5.41) is 38.7. The highest BCUT2D eigenvalue weighted by Crippen LogP contribution is 2.41. The molecule has 176 valence electrons. The van der Waals surface area contributed by atoms with Crippen LogP contribution in [0.5, 0.6) is 0 Å². The molecule has 3 unspecified atom stereocenters. The first-order valence-electron chi connectivity index (χ1n) is 11.5. The number of thiazole rings is 1. The molecule has 2 aliphatic carbocycles. The lowest BCUT2D eigenvalue weighted by Gasteiger charge is -2.31. The lowest BCUT2D eigenvalue weighted by atomic mass is 9.93. The van der Waals surface area contributed by atoms with Crippen LogP contribution < -0.4 is 10.6 Å². The summed E-state index contributed by atoms with van der Waals surface area (Å²) in [6.07, 6.45) is 3.05. The second kappa shape index (κ2) is 8.43. The van der Waals surface area contributed by atoms with Crippen molar-refractivity contribution in [3.63, 3.8) is 0 Å². The van der Waals surface area contributed by atoms with Gasteiger partial charge < -0.3 is 26.0 Å². The molecule has 33 heavy (non-hydrogen) atoms. The smallest absolute Gasteiger partial charge is 0.225 e. The summed E-state index contributed by atoms with van der Waals surface area (Å²) >= 11 is 1.53. The van der Waals surface area contributed by atoms with Crippen molar-refractivity contribution in [3.8, 4) is 10.6 Å². The Bertz CT molecular complexity index is 1200. The maximum atomic E-state index is 11.2. The quantitative estimate of drug-likeness (QED) is 0.344. The molecule has 0 amide bonds. The molecule has 0 aromatic carbocycles. The Balaban J connectivity index is 1.60. The van der Waals surface area contributed by atoms with E-state index in [9.17, 15) is 15.3 Å². The van der Waals surface area contributed by atoms with E-state index in [0.717, 1.165) is 45.1 Å². The summed E-state index contributed by atoms with van der Waals surface area (Å²) in [4.78, 5) is 18.8. The molecule has 3 atom stereocenters. The highest BCUT2D eigenvalue weighted by Gasteiger charge is 2.47. The Morgan fingerprint density at radius 1 is 1.09 bits per heavy atom. The van der Waals surface area contributed by atoms with E-state index < -0.39 is 11.8 Å². The number of fused-ring (bicyclic) bond motifs is 1. The maximum Gasteiger partial charge on any atom is 0.225 e. The van der Waals surface area contributed by atoms with Crippen LogP contribution in [0.1, 0.15) is 49.2 Å². The predicted octanol–water partition coefficient (Wildman–Crippen LogP) is 2.90. The van der Waals surface area contributed by atoms with Gasteiger partial charge in [0.25, 0.3) is 0 Å². The van der Waals surface area contributed by atoms with Crippen LogP contribution in [-0.2, 0) is 0 Å². The highest BCUT2D eigenvalue weighted by atomic mass is 32.1. The standard InChI is InChI=1S/C23H30N6O3S/c1-11-9-16-18(13(3)24-11)27-21(33-16)17-12(2)25-22(26-15-5-4-6-15)28-20(17)29-23(32)8-7-14(10-30)19(23)31/h9,14-15,19,30-32H,4-8,10H2,1-3H3,(H2,25,26,28,29). The number of aliphatic hydroxyl groups is 3. The second-order valence-electron chi connectivity index (χ2n) is 9.32. The van der Waals surface area contributed by atoms with Gasteiger partial charge in [0, 0.05) is 24.3 Å². The number of aryl methyl sites for hydroxylation is 3. The molecule has 0 radical (unpaired) electrons. The van der Waals surface area contributed by atoms with E-state index in [1.165, 1.54) is 17.8 Å². The van der Waals surface area contributed by atoms with Crippen molar-refractivity contribution < 1.29 is 15.3 Å². The van der Waals surface area contributed by atoms with Crippen molar-refractivity contribution in [2.45, 2.75) is 70.7 Å². The molecular weight excluding hydrogens is 440 g/mol. The number of rotatable bonds is 6. The minimum absolute atomic E-state index is 0.182. The Morgan fingerprint density at radius 3 is 2.55 bits per heavy atom. The fraction of sp³-hybridized carbons (Fsp3) is 0.565. The summed E-state index contributed by atoms with van der Waals surface area (Å²) in [6, 6.07) is 2.36. The van der Waals surface area contributed by atoms with Gasteiger partial charge in [0.15, 0.2) is 5.72 Å². The Labute approximate surface area is 196 Å². The Morgan fingerprint density at radius 2 is 1.88 bits per heavy atom. The molecule has 0 saturated heterocycles. The van der Waals surface area contributed by atoms with Crippen LogP contribution in [0.3, 0.4) is 0 Å². The molecule has 5 N–H and O–H groups in total. The molecule has 0 aliphatic heterocycles. The maximum absolute atomic E-state index is 11.2. The van der Waals surface area contributed by atoms with E-state index in [4.69, 9.17) is 15.0 Å². The summed E-state index contributed by atoms with van der Waals surface area (Å²) < 4.78 is 1.02. The number of aromatic nitrogens is 4. The molecule has 3 heterocycles. The third kappa shape index (κ3) is 4.05. The molecular formula is C23H30N6O3S. The molecule has 5 rings (SSSR count). The van der Waals surface area contributed by atoms with Gasteiger partial charge in [0.2, 0.25) is 5.95 Å². The normalized spacial score (nSPS) is 25.4. The molecule has 2 aliphatic rings. The molecule has 10 heteroatoms. The number of aliphatic hydroxyl groups excluding tert-OH is 2. The minimum Gasteiger partial charge on any atom is -0.396 e. The van der Waals surface area contributed by atoms with Crippen LogP contribution in [0.25, 0.3) is 20.8 Å². The van der Waals surface area contributed by atoms with E-state index >= 15 is 0 Å². The van der Waals surface area contributed by atoms with Crippen LogP contribution in [0.4, 0.5) is 11.8 Å². The van der Waals surface area contributed by atoms with Gasteiger partial charge in [-0.05, 0) is 58.9 Å². The van der Waals surface area contributed by atoms with Crippen LogP contribution in [0.2, 0.25) is 0 Å². The summed E-state index contributed by atoms with van der Waals surface area (Å²) in [5.41, 5.74) is 2.45. The lowest BCUT2D eigenvalue weighted by molar-refractivity contribution is -0.0545. The minimum atomic E-state index is -1.60. The molecule has 3 aromatic heterocycles. The first-order chi connectivity index (χ1) is 15.8. The zero-order chi connectivity index (χ0) is 23.3. The zero-order valence-corrected chi connectivity index (χ0v) is 19.9. The molecule has 2 fully saturated rings. The van der Waals surface area contributed by atoms with Gasteiger partial charge >= 0.3 is 0 Å². The van der Waals surface area contributed by atoms with Crippen molar-refractivity contribution in [3.05, 3.63) is 23.1 Å². The third-order valence-electron chi connectivity index (χ3n) is 6.82. The summed E-state index contributed by atoms with van der Waals surface area (Å²) in [6.45, 7) is 5.63. The summed E-state index contributed by atoms with van der Waals surface area (Å²) in [5.74, 6) is 0.527. The van der Waals surface area contributed by atoms with Crippen molar-refractivity contribution in [1.29, 1.82) is 0 Å². The molecule has 3 aromatic rings. The van der Waals surface area contributed by atoms with Crippen LogP contribution in [0, 0.1) is 26.7 Å². The topological polar surface area (TPSA) is 136 Å². The van der Waals surface area contributed by atoms with E-state index in [-0.39, 0.29) is 12.5 Å². The first-order valence-corrected chi connectivity index (χ1v) is 12.3. The van der Waals surface area contributed by atoms with Gasteiger partial charge in [-0.3, -0.25) is 4.98 Å². The molecule has 2 saturated carbocycles. The molecule has 9 nitrogen and oxygen atoms in total. The number of nitrogens with zero attached hydrogens (tertiary/aromatic N) is 4. The molecule has 0 bridgehead atoms. The lowest BCUT2D eigenvalue weighted by Crippen LogP contribution is -2.48.